The standard InChI is InChI=1S/C12H16ClNO3/c1-7(2)10(12(16)17)14-6-8-4-3-5-9(13)11(8)15/h3-5,7,10,14-15H,6H2,1-2H3,(H,16,17). The van der Waals surface area contributed by atoms with Crippen LogP contribution in [0, 0.1) is 5.92 Å². The molecule has 0 radical (unpaired) electrons. The summed E-state index contributed by atoms with van der Waals surface area (Å²) in [5.41, 5.74) is 0.587. The summed E-state index contributed by atoms with van der Waals surface area (Å²) in [6, 6.07) is 4.35. The van der Waals surface area contributed by atoms with E-state index < -0.39 is 12.0 Å². The number of hydrogen-bond acceptors (Lipinski definition) is 3. The van der Waals surface area contributed by atoms with Crippen LogP contribution in [0.4, 0.5) is 0 Å². The number of para-hydroxylation sites is 1. The van der Waals surface area contributed by atoms with Crippen molar-refractivity contribution >= 4 is 17.6 Å². The Morgan fingerprint density at radius 2 is 2.12 bits per heavy atom. The number of phenols is 1. The number of aromatic hydroxyl groups is 1. The van der Waals surface area contributed by atoms with Gasteiger partial charge in [-0.25, -0.2) is 0 Å². The second-order valence-corrected chi connectivity index (χ2v) is 4.60. The molecule has 0 spiro atoms. The summed E-state index contributed by atoms with van der Waals surface area (Å²) in [6.45, 7) is 3.91. The number of rotatable bonds is 5. The minimum atomic E-state index is -0.901. The van der Waals surface area contributed by atoms with Crippen LogP contribution >= 0.6 is 11.6 Å². The van der Waals surface area contributed by atoms with Crippen LogP contribution in [0.3, 0.4) is 0 Å². The minimum Gasteiger partial charge on any atom is -0.506 e. The Labute approximate surface area is 105 Å². The van der Waals surface area contributed by atoms with Crippen molar-refractivity contribution in [3.8, 4) is 5.75 Å². The van der Waals surface area contributed by atoms with Gasteiger partial charge in [0.05, 0.1) is 5.02 Å². The first-order valence-corrected chi connectivity index (χ1v) is 5.73. The number of aliphatic carboxylic acids is 1. The van der Waals surface area contributed by atoms with Crippen LogP contribution in [0.1, 0.15) is 19.4 Å². The minimum absolute atomic E-state index is 0.00504. The number of carboxylic acid groups (broad SMARTS) is 1. The number of phenolic OH excluding ortho intramolecular Hbond substituents is 1. The molecule has 0 saturated carbocycles. The molecule has 0 amide bonds. The number of benzene rings is 1. The van der Waals surface area contributed by atoms with E-state index in [0.717, 1.165) is 0 Å². The Balaban J connectivity index is 2.72. The molecule has 1 atom stereocenters. The number of hydrogen-bond donors (Lipinski definition) is 3. The fraction of sp³-hybridized carbons (Fsp3) is 0.417. The third-order valence-corrected chi connectivity index (χ3v) is 2.82. The Morgan fingerprint density at radius 3 is 2.65 bits per heavy atom. The van der Waals surface area contributed by atoms with Crippen LogP contribution in [0.15, 0.2) is 18.2 Å². The topological polar surface area (TPSA) is 69.6 Å². The average Bonchev–Trinajstić information content (AvgIpc) is 2.23. The van der Waals surface area contributed by atoms with E-state index in [1.807, 2.05) is 13.8 Å². The lowest BCUT2D eigenvalue weighted by Gasteiger charge is -2.18. The molecule has 0 aromatic heterocycles. The third kappa shape index (κ3) is 3.61. The summed E-state index contributed by atoms with van der Waals surface area (Å²) < 4.78 is 0. The molecule has 5 heteroatoms. The molecule has 4 nitrogen and oxygen atoms in total. The third-order valence-electron chi connectivity index (χ3n) is 2.52. The van der Waals surface area contributed by atoms with Crippen molar-refractivity contribution in [3.05, 3.63) is 28.8 Å². The molecule has 0 aliphatic carbocycles. The molecule has 1 aromatic rings. The highest BCUT2D eigenvalue weighted by molar-refractivity contribution is 6.32. The van der Waals surface area contributed by atoms with Gasteiger partial charge in [-0.2, -0.15) is 0 Å². The van der Waals surface area contributed by atoms with Crippen LogP contribution < -0.4 is 5.32 Å². The number of carbonyl (C=O) groups is 1. The molecule has 0 saturated heterocycles. The molecule has 0 aliphatic heterocycles. The van der Waals surface area contributed by atoms with Crippen molar-refractivity contribution in [2.75, 3.05) is 0 Å². The van der Waals surface area contributed by atoms with Gasteiger partial charge in [0.15, 0.2) is 0 Å². The SMILES string of the molecule is CC(C)C(NCc1cccc(Cl)c1O)C(=O)O. The van der Waals surface area contributed by atoms with Gasteiger partial charge >= 0.3 is 5.97 Å². The lowest BCUT2D eigenvalue weighted by molar-refractivity contribution is -0.140. The van der Waals surface area contributed by atoms with Crippen molar-refractivity contribution in [2.24, 2.45) is 5.92 Å². The molecular formula is C12H16ClNO3. The van der Waals surface area contributed by atoms with Crippen molar-refractivity contribution in [3.63, 3.8) is 0 Å². The Hall–Kier alpha value is -1.26. The van der Waals surface area contributed by atoms with Gasteiger partial charge in [0.2, 0.25) is 0 Å². The van der Waals surface area contributed by atoms with Crippen LogP contribution in [-0.2, 0) is 11.3 Å². The zero-order chi connectivity index (χ0) is 13.0. The molecule has 3 N–H and O–H groups in total. The first-order chi connectivity index (χ1) is 7.93. The molecule has 94 valence electrons. The highest BCUT2D eigenvalue weighted by Gasteiger charge is 2.20. The molecule has 0 aliphatic rings. The van der Waals surface area contributed by atoms with Crippen LogP contribution in [-0.4, -0.2) is 22.2 Å². The first-order valence-electron chi connectivity index (χ1n) is 5.36. The van der Waals surface area contributed by atoms with Crippen molar-refractivity contribution < 1.29 is 15.0 Å². The first kappa shape index (κ1) is 13.8. The fourth-order valence-electron chi connectivity index (χ4n) is 1.53. The highest BCUT2D eigenvalue weighted by Crippen LogP contribution is 2.26. The summed E-state index contributed by atoms with van der Waals surface area (Å²) in [4.78, 5) is 11.0. The normalized spacial score (nSPS) is 12.7. The predicted octanol–water partition coefficient (Wildman–Crippen LogP) is 2.24. The summed E-state index contributed by atoms with van der Waals surface area (Å²) in [5, 5.41) is 21.8. The van der Waals surface area contributed by atoms with E-state index in [1.165, 1.54) is 0 Å². The summed E-state index contributed by atoms with van der Waals surface area (Å²) in [5.74, 6) is -0.940. The van der Waals surface area contributed by atoms with Gasteiger partial charge < -0.3 is 10.2 Å². The zero-order valence-electron chi connectivity index (χ0n) is 9.77. The second-order valence-electron chi connectivity index (χ2n) is 4.19. The Bertz CT molecular complexity index is 407. The van der Waals surface area contributed by atoms with E-state index >= 15 is 0 Å². The predicted molar refractivity (Wildman–Crippen MR) is 66.2 cm³/mol. The van der Waals surface area contributed by atoms with Crippen molar-refractivity contribution in [2.45, 2.75) is 26.4 Å². The maximum atomic E-state index is 11.0. The number of carboxylic acids is 1. The lowest BCUT2D eigenvalue weighted by Crippen LogP contribution is -2.40. The van der Waals surface area contributed by atoms with Crippen LogP contribution in [0.2, 0.25) is 5.02 Å². The van der Waals surface area contributed by atoms with Crippen LogP contribution in [0.25, 0.3) is 0 Å². The van der Waals surface area contributed by atoms with E-state index in [-0.39, 0.29) is 23.2 Å². The monoisotopic (exact) mass is 257 g/mol. The van der Waals surface area contributed by atoms with E-state index in [4.69, 9.17) is 16.7 Å². The van der Waals surface area contributed by atoms with E-state index in [2.05, 4.69) is 5.32 Å². The second kappa shape index (κ2) is 5.89. The van der Waals surface area contributed by atoms with Crippen molar-refractivity contribution in [1.82, 2.24) is 5.32 Å². The van der Waals surface area contributed by atoms with Gasteiger partial charge in [0.25, 0.3) is 0 Å². The van der Waals surface area contributed by atoms with Gasteiger partial charge in [-0.3, -0.25) is 10.1 Å². The molecule has 0 heterocycles. The highest BCUT2D eigenvalue weighted by atomic mass is 35.5. The van der Waals surface area contributed by atoms with Gasteiger partial charge in [-0.15, -0.1) is 0 Å². The quantitative estimate of drug-likeness (QED) is 0.757. The smallest absolute Gasteiger partial charge is 0.320 e. The van der Waals surface area contributed by atoms with Gasteiger partial charge in [-0.1, -0.05) is 37.6 Å². The Kier molecular flexibility index (Phi) is 4.78. The van der Waals surface area contributed by atoms with E-state index in [9.17, 15) is 9.90 Å². The fourth-order valence-corrected chi connectivity index (χ4v) is 1.72. The van der Waals surface area contributed by atoms with Crippen molar-refractivity contribution in [1.29, 1.82) is 0 Å². The molecular weight excluding hydrogens is 242 g/mol. The Morgan fingerprint density at radius 1 is 1.47 bits per heavy atom. The molecule has 1 rings (SSSR count). The average molecular weight is 258 g/mol. The maximum Gasteiger partial charge on any atom is 0.320 e. The number of halogens is 1. The maximum absolute atomic E-state index is 11.0. The molecule has 17 heavy (non-hydrogen) atoms. The molecule has 1 unspecified atom stereocenters. The lowest BCUT2D eigenvalue weighted by atomic mass is 10.0. The molecule has 0 bridgehead atoms. The largest absolute Gasteiger partial charge is 0.506 e. The molecule has 1 aromatic carbocycles. The summed E-state index contributed by atoms with van der Waals surface area (Å²) >= 11 is 5.76. The van der Waals surface area contributed by atoms with E-state index in [0.29, 0.717) is 5.56 Å². The van der Waals surface area contributed by atoms with Gasteiger partial charge in [0, 0.05) is 12.1 Å². The van der Waals surface area contributed by atoms with Crippen LogP contribution in [0.5, 0.6) is 5.75 Å². The van der Waals surface area contributed by atoms with Gasteiger partial charge in [0.1, 0.15) is 11.8 Å². The zero-order valence-corrected chi connectivity index (χ0v) is 10.5. The molecule has 0 fully saturated rings. The van der Waals surface area contributed by atoms with E-state index in [1.54, 1.807) is 18.2 Å². The van der Waals surface area contributed by atoms with Gasteiger partial charge in [-0.05, 0) is 12.0 Å². The number of nitrogens with one attached hydrogen (secondary N) is 1. The summed E-state index contributed by atoms with van der Waals surface area (Å²) in [6.07, 6.45) is 0. The summed E-state index contributed by atoms with van der Waals surface area (Å²) in [7, 11) is 0.